The van der Waals surface area contributed by atoms with E-state index in [1.165, 1.54) is 4.68 Å². The number of benzene rings is 3. The number of halogens is 1. The van der Waals surface area contributed by atoms with Gasteiger partial charge in [0.15, 0.2) is 11.8 Å². The van der Waals surface area contributed by atoms with Crippen molar-refractivity contribution in [3.63, 3.8) is 0 Å². The first kappa shape index (κ1) is 27.6. The van der Waals surface area contributed by atoms with Crippen molar-refractivity contribution >= 4 is 29.4 Å². The molecule has 10 heteroatoms. The summed E-state index contributed by atoms with van der Waals surface area (Å²) in [6, 6.07) is 24.6. The van der Waals surface area contributed by atoms with Crippen molar-refractivity contribution in [3.8, 4) is 11.1 Å². The SMILES string of the molecule is O=C(N[C@H](Cc1ccc(-c2ccccc2)cc1)CC(O)C(=O)O)c1cc(C(=O)O)n(Cc2cccc(Cl)c2)n1. The highest BCUT2D eigenvalue weighted by Crippen LogP contribution is 2.21. The number of amides is 1. The van der Waals surface area contributed by atoms with Gasteiger partial charge in [0.05, 0.1) is 6.54 Å². The van der Waals surface area contributed by atoms with Crippen LogP contribution in [0.5, 0.6) is 0 Å². The second-order valence-electron chi connectivity index (χ2n) is 9.03. The molecular weight excluding hydrogens is 522 g/mol. The molecule has 1 aromatic heterocycles. The van der Waals surface area contributed by atoms with Gasteiger partial charge >= 0.3 is 11.9 Å². The summed E-state index contributed by atoms with van der Waals surface area (Å²) in [7, 11) is 0. The molecule has 0 aliphatic heterocycles. The van der Waals surface area contributed by atoms with Crippen molar-refractivity contribution in [1.82, 2.24) is 15.1 Å². The zero-order valence-corrected chi connectivity index (χ0v) is 21.5. The van der Waals surface area contributed by atoms with Crippen LogP contribution in [0.25, 0.3) is 11.1 Å². The maximum atomic E-state index is 13.1. The van der Waals surface area contributed by atoms with E-state index in [2.05, 4.69) is 10.4 Å². The van der Waals surface area contributed by atoms with Gasteiger partial charge < -0.3 is 20.6 Å². The van der Waals surface area contributed by atoms with E-state index in [9.17, 15) is 29.7 Å². The molecule has 2 atom stereocenters. The summed E-state index contributed by atoms with van der Waals surface area (Å²) < 4.78 is 1.19. The topological polar surface area (TPSA) is 142 Å². The number of nitrogens with one attached hydrogen (secondary N) is 1. The molecule has 9 nitrogen and oxygen atoms in total. The zero-order valence-electron chi connectivity index (χ0n) is 20.7. The lowest BCUT2D eigenvalue weighted by Gasteiger charge is -2.20. The third kappa shape index (κ3) is 7.31. The first-order valence-electron chi connectivity index (χ1n) is 12.1. The van der Waals surface area contributed by atoms with Gasteiger partial charge in [-0.05, 0) is 40.8 Å². The molecule has 3 aromatic carbocycles. The summed E-state index contributed by atoms with van der Waals surface area (Å²) in [6.45, 7) is 0.0738. The Labute approximate surface area is 229 Å². The number of carbonyl (C=O) groups excluding carboxylic acids is 1. The zero-order chi connectivity index (χ0) is 27.9. The molecule has 4 rings (SSSR count). The van der Waals surface area contributed by atoms with Crippen LogP contribution in [0.15, 0.2) is 84.9 Å². The van der Waals surface area contributed by atoms with E-state index < -0.39 is 30.0 Å². The Hall–Kier alpha value is -4.47. The molecule has 0 fully saturated rings. The van der Waals surface area contributed by atoms with Gasteiger partial charge in [0.1, 0.15) is 5.69 Å². The van der Waals surface area contributed by atoms with Crippen LogP contribution in [-0.2, 0) is 17.8 Å². The normalized spacial score (nSPS) is 12.5. The number of hydrogen-bond donors (Lipinski definition) is 4. The van der Waals surface area contributed by atoms with Crippen molar-refractivity contribution in [3.05, 3.63) is 112 Å². The van der Waals surface area contributed by atoms with Crippen molar-refractivity contribution in [2.45, 2.75) is 31.5 Å². The van der Waals surface area contributed by atoms with Gasteiger partial charge in [0, 0.05) is 23.6 Å². The largest absolute Gasteiger partial charge is 0.479 e. The maximum absolute atomic E-state index is 13.1. The van der Waals surface area contributed by atoms with Gasteiger partial charge in [-0.3, -0.25) is 9.48 Å². The Kier molecular flexibility index (Phi) is 8.75. The first-order valence-corrected chi connectivity index (χ1v) is 12.5. The molecule has 0 bridgehead atoms. The molecule has 39 heavy (non-hydrogen) atoms. The number of hydrogen-bond acceptors (Lipinski definition) is 5. The Morgan fingerprint density at radius 1 is 0.872 bits per heavy atom. The minimum Gasteiger partial charge on any atom is -0.479 e. The molecule has 1 unspecified atom stereocenters. The average molecular weight is 548 g/mol. The van der Waals surface area contributed by atoms with E-state index in [4.69, 9.17) is 11.6 Å². The van der Waals surface area contributed by atoms with Gasteiger partial charge in [-0.2, -0.15) is 5.10 Å². The van der Waals surface area contributed by atoms with Crippen LogP contribution in [0, 0.1) is 0 Å². The first-order chi connectivity index (χ1) is 18.7. The summed E-state index contributed by atoms with van der Waals surface area (Å²) in [4.78, 5) is 36.2. The number of rotatable bonds is 11. The molecule has 0 radical (unpaired) electrons. The number of carboxylic acids is 2. The van der Waals surface area contributed by atoms with Crippen LogP contribution in [0.2, 0.25) is 5.02 Å². The summed E-state index contributed by atoms with van der Waals surface area (Å²) in [5.74, 6) is -3.36. The Morgan fingerprint density at radius 3 is 2.21 bits per heavy atom. The Morgan fingerprint density at radius 2 is 1.56 bits per heavy atom. The fraction of sp³-hybridized carbons (Fsp3) is 0.172. The van der Waals surface area contributed by atoms with Gasteiger partial charge in [0.25, 0.3) is 5.91 Å². The molecule has 4 aromatic rings. The number of carboxylic acid groups (broad SMARTS) is 2. The smallest absolute Gasteiger partial charge is 0.354 e. The van der Waals surface area contributed by atoms with Crippen molar-refractivity contribution in [2.24, 2.45) is 0 Å². The van der Waals surface area contributed by atoms with Crippen LogP contribution in [-0.4, -0.2) is 55.1 Å². The van der Waals surface area contributed by atoms with E-state index in [0.29, 0.717) is 10.6 Å². The maximum Gasteiger partial charge on any atom is 0.354 e. The molecule has 200 valence electrons. The monoisotopic (exact) mass is 547 g/mol. The lowest BCUT2D eigenvalue weighted by Crippen LogP contribution is -2.40. The molecule has 4 N–H and O–H groups in total. The van der Waals surface area contributed by atoms with Gasteiger partial charge in [-0.25, -0.2) is 9.59 Å². The van der Waals surface area contributed by atoms with Crippen LogP contribution in [0.3, 0.4) is 0 Å². The predicted octanol–water partition coefficient (Wildman–Crippen LogP) is 4.13. The van der Waals surface area contributed by atoms with E-state index in [1.54, 1.807) is 24.3 Å². The summed E-state index contributed by atoms with van der Waals surface area (Å²) in [5.41, 5.74) is 3.20. The van der Waals surface area contributed by atoms with Crippen LogP contribution < -0.4 is 5.32 Å². The lowest BCUT2D eigenvalue weighted by atomic mass is 9.97. The fourth-order valence-electron chi connectivity index (χ4n) is 4.20. The molecule has 1 heterocycles. The minimum atomic E-state index is -1.70. The Balaban J connectivity index is 1.53. The molecule has 0 spiro atoms. The van der Waals surface area contributed by atoms with Crippen molar-refractivity contribution < 1.29 is 29.7 Å². The highest BCUT2D eigenvalue weighted by molar-refractivity contribution is 6.30. The second-order valence-corrected chi connectivity index (χ2v) is 9.47. The quantitative estimate of drug-likeness (QED) is 0.221. The van der Waals surface area contributed by atoms with Crippen LogP contribution in [0.1, 0.15) is 38.5 Å². The van der Waals surface area contributed by atoms with E-state index in [1.807, 2.05) is 54.6 Å². The number of nitrogens with zero attached hydrogens (tertiary/aromatic N) is 2. The molecule has 1 amide bonds. The van der Waals surface area contributed by atoms with E-state index in [0.717, 1.165) is 22.8 Å². The summed E-state index contributed by atoms with van der Waals surface area (Å²) in [5, 5.41) is 36.2. The van der Waals surface area contributed by atoms with Crippen molar-refractivity contribution in [1.29, 1.82) is 0 Å². The molecular formula is C29H26ClN3O6. The summed E-state index contributed by atoms with van der Waals surface area (Å²) >= 11 is 6.02. The van der Waals surface area contributed by atoms with Crippen LogP contribution in [0.4, 0.5) is 0 Å². The second kappa shape index (κ2) is 12.4. The molecule has 0 aliphatic rings. The Bertz CT molecular complexity index is 1470. The number of aliphatic hydroxyl groups is 1. The minimum absolute atomic E-state index is 0.0738. The fourth-order valence-corrected chi connectivity index (χ4v) is 4.41. The number of aromatic nitrogens is 2. The number of carbonyl (C=O) groups is 3. The number of aliphatic carboxylic acids is 1. The van der Waals surface area contributed by atoms with E-state index in [-0.39, 0.29) is 30.8 Å². The standard InChI is InChI=1S/C29H26ClN3O6/c30-22-8-4-5-19(13-22)17-33-25(28(36)37)16-24(32-33)27(35)31-23(15-26(34)29(38)39)14-18-9-11-21(12-10-18)20-6-2-1-3-7-20/h1-13,16,23,26,34H,14-15,17H2,(H,31,35)(H,36,37)(H,38,39)/t23-,26?/m1/s1. The molecule has 0 saturated heterocycles. The molecule has 0 aliphatic carbocycles. The van der Waals surface area contributed by atoms with Crippen molar-refractivity contribution in [2.75, 3.05) is 0 Å². The van der Waals surface area contributed by atoms with E-state index >= 15 is 0 Å². The van der Waals surface area contributed by atoms with Crippen LogP contribution >= 0.6 is 11.6 Å². The van der Waals surface area contributed by atoms with Gasteiger partial charge in [0.2, 0.25) is 0 Å². The highest BCUT2D eigenvalue weighted by atomic mass is 35.5. The number of aliphatic hydroxyl groups excluding tert-OH is 1. The third-order valence-corrected chi connectivity index (χ3v) is 6.36. The van der Waals surface area contributed by atoms with Gasteiger partial charge in [-0.1, -0.05) is 78.3 Å². The lowest BCUT2D eigenvalue weighted by molar-refractivity contribution is -0.147. The summed E-state index contributed by atoms with van der Waals surface area (Å²) in [6.07, 6.45) is -1.72. The third-order valence-electron chi connectivity index (χ3n) is 6.12. The number of aromatic carboxylic acids is 1. The predicted molar refractivity (Wildman–Crippen MR) is 145 cm³/mol. The molecule has 0 saturated carbocycles. The average Bonchev–Trinajstić information content (AvgIpc) is 3.34. The highest BCUT2D eigenvalue weighted by Gasteiger charge is 2.25. The van der Waals surface area contributed by atoms with Gasteiger partial charge in [-0.15, -0.1) is 0 Å².